The third-order valence-corrected chi connectivity index (χ3v) is 5.71. The quantitative estimate of drug-likeness (QED) is 0.625. The largest absolute Gasteiger partial charge is 0.478 e. The fraction of sp³-hybridized carbons (Fsp3) is 0.824. The van der Waals surface area contributed by atoms with Gasteiger partial charge < -0.3 is 14.6 Å². The van der Waals surface area contributed by atoms with Crippen molar-refractivity contribution in [2.24, 2.45) is 11.8 Å². The number of carboxylic acid groups (broad SMARTS) is 1. The molecular formula is C17H24O4. The van der Waals surface area contributed by atoms with Gasteiger partial charge in [0.05, 0.1) is 24.4 Å². The Kier molecular flexibility index (Phi) is 3.54. The maximum Gasteiger partial charge on any atom is 0.331 e. The van der Waals surface area contributed by atoms with Gasteiger partial charge in [-0.3, -0.25) is 0 Å². The van der Waals surface area contributed by atoms with Crippen LogP contribution in [0.2, 0.25) is 0 Å². The maximum absolute atomic E-state index is 11.5. The molecule has 1 N–H and O–H groups in total. The van der Waals surface area contributed by atoms with Crippen LogP contribution in [0.1, 0.15) is 51.4 Å². The van der Waals surface area contributed by atoms with Crippen LogP contribution in [-0.4, -0.2) is 35.5 Å². The van der Waals surface area contributed by atoms with E-state index in [0.29, 0.717) is 41.8 Å². The average molecular weight is 292 g/mol. The molecule has 0 aromatic heterocycles. The lowest BCUT2D eigenvalue weighted by molar-refractivity contribution is -0.133. The molecule has 116 valence electrons. The summed E-state index contributed by atoms with van der Waals surface area (Å²) in [4.78, 5) is 11.5. The summed E-state index contributed by atoms with van der Waals surface area (Å²) in [6.45, 7) is 0. The molecule has 2 aliphatic heterocycles. The zero-order valence-corrected chi connectivity index (χ0v) is 12.4. The van der Waals surface area contributed by atoms with E-state index in [0.717, 1.165) is 44.9 Å². The number of hydrogen-bond acceptors (Lipinski definition) is 3. The highest BCUT2D eigenvalue weighted by atomic mass is 16.6. The van der Waals surface area contributed by atoms with Crippen LogP contribution in [0, 0.1) is 11.8 Å². The standard InChI is InChI=1S/C17H24O4/c18-17(19)12(7-11-3-6-14-16(9-11)21-14)4-1-10-2-5-13-15(8-10)20-13/h4,10-11,13-16H,1-3,5-9H2,(H,18,19). The lowest BCUT2D eigenvalue weighted by Gasteiger charge is -2.20. The van der Waals surface area contributed by atoms with E-state index >= 15 is 0 Å². The SMILES string of the molecule is O=C(O)C(=CCC1CCC2OC2C1)CC1CCC2OC2C1. The zero-order valence-electron chi connectivity index (χ0n) is 12.4. The molecule has 2 saturated carbocycles. The summed E-state index contributed by atoms with van der Waals surface area (Å²) in [5.41, 5.74) is 0.623. The van der Waals surface area contributed by atoms with E-state index in [9.17, 15) is 9.90 Å². The molecule has 0 radical (unpaired) electrons. The van der Waals surface area contributed by atoms with Crippen LogP contribution in [0.4, 0.5) is 0 Å². The summed E-state index contributed by atoms with van der Waals surface area (Å²) in [5, 5.41) is 9.45. The summed E-state index contributed by atoms with van der Waals surface area (Å²) in [7, 11) is 0. The molecule has 2 saturated heterocycles. The predicted molar refractivity (Wildman–Crippen MR) is 77.0 cm³/mol. The predicted octanol–water partition coefficient (Wildman–Crippen LogP) is 2.91. The third-order valence-electron chi connectivity index (χ3n) is 5.71. The number of hydrogen-bond donors (Lipinski definition) is 1. The van der Waals surface area contributed by atoms with Gasteiger partial charge >= 0.3 is 5.97 Å². The summed E-state index contributed by atoms with van der Waals surface area (Å²) >= 11 is 0. The molecule has 0 spiro atoms. The molecule has 4 rings (SSSR count). The minimum atomic E-state index is -0.731. The van der Waals surface area contributed by atoms with Crippen LogP contribution in [-0.2, 0) is 14.3 Å². The van der Waals surface area contributed by atoms with Gasteiger partial charge in [-0.05, 0) is 63.2 Å². The molecule has 4 nitrogen and oxygen atoms in total. The Labute approximate surface area is 125 Å². The third kappa shape index (κ3) is 3.16. The van der Waals surface area contributed by atoms with Crippen molar-refractivity contribution >= 4 is 5.97 Å². The Bertz CT molecular complexity index is 458. The van der Waals surface area contributed by atoms with Crippen molar-refractivity contribution in [2.45, 2.75) is 75.8 Å². The van der Waals surface area contributed by atoms with Crippen molar-refractivity contribution in [3.63, 3.8) is 0 Å². The van der Waals surface area contributed by atoms with Gasteiger partial charge in [0, 0.05) is 5.57 Å². The fourth-order valence-corrected chi connectivity index (χ4v) is 4.25. The molecule has 4 aliphatic rings. The number of ether oxygens (including phenoxy) is 2. The molecule has 4 fully saturated rings. The Morgan fingerprint density at radius 1 is 0.952 bits per heavy atom. The average Bonchev–Trinajstić information content (AvgIpc) is 3.35. The number of epoxide rings is 2. The van der Waals surface area contributed by atoms with Crippen LogP contribution >= 0.6 is 0 Å². The lowest BCUT2D eigenvalue weighted by Crippen LogP contribution is -2.17. The number of rotatable bonds is 5. The van der Waals surface area contributed by atoms with Crippen molar-refractivity contribution in [1.29, 1.82) is 0 Å². The second-order valence-electron chi connectivity index (χ2n) is 7.26. The molecule has 2 heterocycles. The first-order valence-electron chi connectivity index (χ1n) is 8.42. The number of carboxylic acids is 1. The normalized spacial score (nSPS) is 44.7. The fourth-order valence-electron chi connectivity index (χ4n) is 4.25. The molecule has 6 atom stereocenters. The highest BCUT2D eigenvalue weighted by Crippen LogP contribution is 2.42. The van der Waals surface area contributed by atoms with Crippen LogP contribution in [0.25, 0.3) is 0 Å². The monoisotopic (exact) mass is 292 g/mol. The Balaban J connectivity index is 1.32. The van der Waals surface area contributed by atoms with Crippen LogP contribution in [0.3, 0.4) is 0 Å². The van der Waals surface area contributed by atoms with Gasteiger partial charge in [0.2, 0.25) is 0 Å². The van der Waals surface area contributed by atoms with Crippen LogP contribution in [0.5, 0.6) is 0 Å². The van der Waals surface area contributed by atoms with Crippen LogP contribution < -0.4 is 0 Å². The lowest BCUT2D eigenvalue weighted by atomic mass is 9.83. The summed E-state index contributed by atoms with van der Waals surface area (Å²) in [5.74, 6) is 0.384. The van der Waals surface area contributed by atoms with Gasteiger partial charge in [0.1, 0.15) is 0 Å². The van der Waals surface area contributed by atoms with E-state index in [-0.39, 0.29) is 0 Å². The van der Waals surface area contributed by atoms with Crippen molar-refractivity contribution in [3.05, 3.63) is 11.6 Å². The molecule has 4 heteroatoms. The molecule has 6 unspecified atom stereocenters. The van der Waals surface area contributed by atoms with E-state index in [4.69, 9.17) is 9.47 Å². The van der Waals surface area contributed by atoms with Crippen LogP contribution in [0.15, 0.2) is 11.6 Å². The molecule has 21 heavy (non-hydrogen) atoms. The van der Waals surface area contributed by atoms with E-state index in [1.165, 1.54) is 6.42 Å². The Morgan fingerprint density at radius 2 is 1.57 bits per heavy atom. The smallest absolute Gasteiger partial charge is 0.331 e. The first-order valence-corrected chi connectivity index (χ1v) is 8.42. The first-order chi connectivity index (χ1) is 10.2. The number of aliphatic carboxylic acids is 1. The Hall–Kier alpha value is -0.870. The van der Waals surface area contributed by atoms with E-state index in [1.807, 2.05) is 6.08 Å². The number of allylic oxidation sites excluding steroid dienone is 1. The minimum absolute atomic E-state index is 0.432. The Morgan fingerprint density at radius 3 is 2.19 bits per heavy atom. The molecule has 0 aromatic rings. The molecule has 0 amide bonds. The van der Waals surface area contributed by atoms with E-state index in [2.05, 4.69) is 0 Å². The molecule has 0 bridgehead atoms. The highest BCUT2D eigenvalue weighted by molar-refractivity contribution is 5.86. The van der Waals surface area contributed by atoms with Gasteiger partial charge in [-0.2, -0.15) is 0 Å². The number of fused-ring (bicyclic) bond motifs is 2. The zero-order chi connectivity index (χ0) is 14.4. The summed E-state index contributed by atoms with van der Waals surface area (Å²) in [6, 6.07) is 0. The van der Waals surface area contributed by atoms with Gasteiger partial charge in [0.25, 0.3) is 0 Å². The highest BCUT2D eigenvalue weighted by Gasteiger charge is 2.44. The molecular weight excluding hydrogens is 268 g/mol. The van der Waals surface area contributed by atoms with Crippen molar-refractivity contribution in [1.82, 2.24) is 0 Å². The second-order valence-corrected chi connectivity index (χ2v) is 7.26. The van der Waals surface area contributed by atoms with E-state index < -0.39 is 5.97 Å². The van der Waals surface area contributed by atoms with Gasteiger partial charge in [-0.1, -0.05) is 6.08 Å². The van der Waals surface area contributed by atoms with Crippen molar-refractivity contribution in [3.8, 4) is 0 Å². The summed E-state index contributed by atoms with van der Waals surface area (Å²) < 4.78 is 11.1. The number of carbonyl (C=O) groups is 1. The maximum atomic E-state index is 11.5. The minimum Gasteiger partial charge on any atom is -0.478 e. The van der Waals surface area contributed by atoms with Gasteiger partial charge in [-0.25, -0.2) is 4.79 Å². The second kappa shape index (κ2) is 5.40. The first kappa shape index (κ1) is 13.8. The van der Waals surface area contributed by atoms with Gasteiger partial charge in [-0.15, -0.1) is 0 Å². The molecule has 0 aromatic carbocycles. The van der Waals surface area contributed by atoms with Gasteiger partial charge in [0.15, 0.2) is 0 Å². The van der Waals surface area contributed by atoms with Crippen molar-refractivity contribution in [2.75, 3.05) is 0 Å². The summed E-state index contributed by atoms with van der Waals surface area (Å²) in [6.07, 6.45) is 12.3. The topological polar surface area (TPSA) is 62.4 Å². The van der Waals surface area contributed by atoms with E-state index in [1.54, 1.807) is 0 Å². The van der Waals surface area contributed by atoms with Crippen molar-refractivity contribution < 1.29 is 19.4 Å². The molecule has 2 aliphatic carbocycles.